The van der Waals surface area contributed by atoms with Crippen LogP contribution in [0.5, 0.6) is 0 Å². The molecule has 1 fully saturated rings. The molecule has 0 aliphatic carbocycles. The summed E-state index contributed by atoms with van der Waals surface area (Å²) in [5.41, 5.74) is 5.86. The van der Waals surface area contributed by atoms with E-state index in [4.69, 9.17) is 5.73 Å². The molecular formula is C10H18N2O3. The van der Waals surface area contributed by atoms with Crippen LogP contribution < -0.4 is 5.73 Å². The zero-order valence-electron chi connectivity index (χ0n) is 9.23. The molecule has 1 rings (SSSR count). The molecular weight excluding hydrogens is 196 g/mol. The van der Waals surface area contributed by atoms with Crippen molar-refractivity contribution in [1.82, 2.24) is 4.90 Å². The Morgan fingerprint density at radius 2 is 2.20 bits per heavy atom. The highest BCUT2D eigenvalue weighted by molar-refractivity contribution is 5.94. The van der Waals surface area contributed by atoms with Crippen molar-refractivity contribution in [3.63, 3.8) is 0 Å². The van der Waals surface area contributed by atoms with Gasteiger partial charge < -0.3 is 15.4 Å². The van der Waals surface area contributed by atoms with Gasteiger partial charge in [-0.25, -0.2) is 0 Å². The summed E-state index contributed by atoms with van der Waals surface area (Å²) in [7, 11) is 1.28. The molecule has 0 aromatic rings. The summed E-state index contributed by atoms with van der Waals surface area (Å²) in [4.78, 5) is 24.1. The van der Waals surface area contributed by atoms with Gasteiger partial charge in [-0.15, -0.1) is 0 Å². The van der Waals surface area contributed by atoms with Crippen LogP contribution in [0.15, 0.2) is 0 Å². The summed E-state index contributed by atoms with van der Waals surface area (Å²) < 4.78 is 4.44. The van der Waals surface area contributed by atoms with Gasteiger partial charge in [-0.1, -0.05) is 6.92 Å². The molecule has 0 bridgehead atoms. The topological polar surface area (TPSA) is 72.6 Å². The second-order valence-electron chi connectivity index (χ2n) is 4.02. The van der Waals surface area contributed by atoms with Crippen LogP contribution in [-0.4, -0.2) is 43.0 Å². The molecule has 0 radical (unpaired) electrons. The van der Waals surface area contributed by atoms with Crippen LogP contribution in [0.3, 0.4) is 0 Å². The molecule has 1 aliphatic rings. The molecule has 0 aromatic heterocycles. The number of hydrogen-bond donors (Lipinski definition) is 1. The summed E-state index contributed by atoms with van der Waals surface area (Å²) in [6, 6.07) is 0.0142. The Morgan fingerprint density at radius 3 is 2.73 bits per heavy atom. The first-order valence-electron chi connectivity index (χ1n) is 5.14. The highest BCUT2D eigenvalue weighted by Crippen LogP contribution is 2.16. The Kier molecular flexibility index (Phi) is 4.08. The van der Waals surface area contributed by atoms with Gasteiger partial charge in [-0.3, -0.25) is 9.59 Å². The fourth-order valence-corrected chi connectivity index (χ4v) is 1.63. The van der Waals surface area contributed by atoms with Crippen LogP contribution in [0.4, 0.5) is 0 Å². The van der Waals surface area contributed by atoms with Gasteiger partial charge >= 0.3 is 5.97 Å². The smallest absolute Gasteiger partial charge is 0.315 e. The fourth-order valence-electron chi connectivity index (χ4n) is 1.63. The molecule has 15 heavy (non-hydrogen) atoms. The maximum atomic E-state index is 11.6. The van der Waals surface area contributed by atoms with Crippen molar-refractivity contribution >= 4 is 11.9 Å². The van der Waals surface area contributed by atoms with Crippen molar-refractivity contribution in [1.29, 1.82) is 0 Å². The quantitative estimate of drug-likeness (QED) is 0.508. The number of methoxy groups -OCH3 is 1. The van der Waals surface area contributed by atoms with E-state index >= 15 is 0 Å². The van der Waals surface area contributed by atoms with Crippen LogP contribution >= 0.6 is 0 Å². The van der Waals surface area contributed by atoms with E-state index in [1.165, 1.54) is 7.11 Å². The first-order chi connectivity index (χ1) is 7.04. The SMILES string of the molecule is COC(=O)CC(=O)N1CCC(C)C(N)C1. The number of esters is 1. The number of carbonyl (C=O) groups is 2. The first-order valence-corrected chi connectivity index (χ1v) is 5.14. The van der Waals surface area contributed by atoms with E-state index in [2.05, 4.69) is 11.7 Å². The minimum absolute atomic E-state index is 0.0142. The largest absolute Gasteiger partial charge is 0.469 e. The van der Waals surface area contributed by atoms with Gasteiger partial charge in [0.2, 0.25) is 5.91 Å². The van der Waals surface area contributed by atoms with Gasteiger partial charge in [-0.05, 0) is 12.3 Å². The second-order valence-corrected chi connectivity index (χ2v) is 4.02. The summed E-state index contributed by atoms with van der Waals surface area (Å²) >= 11 is 0. The number of amides is 1. The summed E-state index contributed by atoms with van der Waals surface area (Å²) in [6.45, 7) is 3.30. The van der Waals surface area contributed by atoms with Crippen LogP contribution in [-0.2, 0) is 14.3 Å². The van der Waals surface area contributed by atoms with E-state index in [9.17, 15) is 9.59 Å². The third kappa shape index (κ3) is 3.20. The van der Waals surface area contributed by atoms with Crippen molar-refractivity contribution in [3.8, 4) is 0 Å². The number of rotatable bonds is 2. The molecule has 1 amide bonds. The van der Waals surface area contributed by atoms with Crippen LogP contribution in [0, 0.1) is 5.92 Å². The number of piperidine rings is 1. The van der Waals surface area contributed by atoms with Crippen molar-refractivity contribution in [2.45, 2.75) is 25.8 Å². The Hall–Kier alpha value is -1.10. The highest BCUT2D eigenvalue weighted by Gasteiger charge is 2.27. The van der Waals surface area contributed by atoms with Crippen molar-refractivity contribution < 1.29 is 14.3 Å². The minimum atomic E-state index is -0.493. The average Bonchev–Trinajstić information content (AvgIpc) is 2.21. The molecule has 0 saturated carbocycles. The molecule has 1 aliphatic heterocycles. The molecule has 5 nitrogen and oxygen atoms in total. The Bertz CT molecular complexity index is 255. The van der Waals surface area contributed by atoms with E-state index in [0.717, 1.165) is 6.42 Å². The number of likely N-dealkylation sites (tertiary alicyclic amines) is 1. The zero-order valence-corrected chi connectivity index (χ0v) is 9.23. The molecule has 2 unspecified atom stereocenters. The number of ether oxygens (including phenoxy) is 1. The minimum Gasteiger partial charge on any atom is -0.469 e. The maximum Gasteiger partial charge on any atom is 0.315 e. The summed E-state index contributed by atoms with van der Waals surface area (Å²) in [6.07, 6.45) is 0.714. The van der Waals surface area contributed by atoms with E-state index in [0.29, 0.717) is 19.0 Å². The molecule has 86 valence electrons. The van der Waals surface area contributed by atoms with Crippen molar-refractivity contribution in [2.75, 3.05) is 20.2 Å². The van der Waals surface area contributed by atoms with Gasteiger partial charge in [0.15, 0.2) is 0 Å². The van der Waals surface area contributed by atoms with Crippen LogP contribution in [0.25, 0.3) is 0 Å². The van der Waals surface area contributed by atoms with Gasteiger partial charge in [0.25, 0.3) is 0 Å². The van der Waals surface area contributed by atoms with Crippen molar-refractivity contribution in [2.24, 2.45) is 11.7 Å². The van der Waals surface area contributed by atoms with Gasteiger partial charge in [-0.2, -0.15) is 0 Å². The lowest BCUT2D eigenvalue weighted by Crippen LogP contribution is -2.50. The van der Waals surface area contributed by atoms with E-state index in [1.807, 2.05) is 0 Å². The molecule has 1 heterocycles. The normalized spacial score (nSPS) is 26.2. The zero-order chi connectivity index (χ0) is 11.4. The molecule has 1 saturated heterocycles. The maximum absolute atomic E-state index is 11.6. The van der Waals surface area contributed by atoms with Gasteiger partial charge in [0, 0.05) is 19.1 Å². The van der Waals surface area contributed by atoms with E-state index in [-0.39, 0.29) is 18.4 Å². The van der Waals surface area contributed by atoms with E-state index in [1.54, 1.807) is 4.90 Å². The third-order valence-corrected chi connectivity index (χ3v) is 2.89. The molecule has 5 heteroatoms. The lowest BCUT2D eigenvalue weighted by atomic mass is 9.94. The van der Waals surface area contributed by atoms with Gasteiger partial charge in [0.05, 0.1) is 7.11 Å². The Labute approximate surface area is 89.6 Å². The number of carbonyl (C=O) groups excluding carboxylic acids is 2. The Morgan fingerprint density at radius 1 is 1.53 bits per heavy atom. The number of nitrogens with zero attached hydrogens (tertiary/aromatic N) is 1. The average molecular weight is 214 g/mol. The molecule has 2 atom stereocenters. The standard InChI is InChI=1S/C10H18N2O3/c1-7-3-4-12(6-8(7)11)9(13)5-10(14)15-2/h7-8H,3-6,11H2,1-2H3. The highest BCUT2D eigenvalue weighted by atomic mass is 16.5. The second kappa shape index (κ2) is 5.11. The summed E-state index contributed by atoms with van der Waals surface area (Å²) in [5.74, 6) is -0.247. The number of hydrogen-bond acceptors (Lipinski definition) is 4. The predicted molar refractivity (Wildman–Crippen MR) is 55.0 cm³/mol. The number of nitrogens with two attached hydrogens (primary N) is 1. The third-order valence-electron chi connectivity index (χ3n) is 2.89. The monoisotopic (exact) mass is 214 g/mol. The first kappa shape index (κ1) is 12.0. The van der Waals surface area contributed by atoms with Gasteiger partial charge in [0.1, 0.15) is 6.42 Å². The molecule has 2 N–H and O–H groups in total. The predicted octanol–water partition coefficient (Wildman–Crippen LogP) is -0.255. The van der Waals surface area contributed by atoms with Crippen LogP contribution in [0.2, 0.25) is 0 Å². The summed E-state index contributed by atoms with van der Waals surface area (Å²) in [5, 5.41) is 0. The van der Waals surface area contributed by atoms with Crippen LogP contribution in [0.1, 0.15) is 19.8 Å². The van der Waals surface area contributed by atoms with E-state index < -0.39 is 5.97 Å². The molecule has 0 aromatic carbocycles. The fraction of sp³-hybridized carbons (Fsp3) is 0.800. The lowest BCUT2D eigenvalue weighted by molar-refractivity contribution is -0.147. The van der Waals surface area contributed by atoms with Crippen molar-refractivity contribution in [3.05, 3.63) is 0 Å². The lowest BCUT2D eigenvalue weighted by Gasteiger charge is -2.34. The molecule has 0 spiro atoms. The Balaban J connectivity index is 2.44.